The van der Waals surface area contributed by atoms with Crippen molar-refractivity contribution in [1.29, 1.82) is 0 Å². The van der Waals surface area contributed by atoms with E-state index in [-0.39, 0.29) is 29.2 Å². The van der Waals surface area contributed by atoms with Crippen molar-refractivity contribution < 1.29 is 19.8 Å². The zero-order valence-electron chi connectivity index (χ0n) is 7.23. The van der Waals surface area contributed by atoms with Crippen LogP contribution in [0.3, 0.4) is 0 Å². The van der Waals surface area contributed by atoms with E-state index in [0.717, 1.165) is 12.1 Å². The van der Waals surface area contributed by atoms with Gasteiger partial charge in [0.1, 0.15) is 11.3 Å². The highest BCUT2D eigenvalue weighted by molar-refractivity contribution is 6.00. The minimum Gasteiger partial charge on any atom is -0.507 e. The molecule has 0 aliphatic carbocycles. The predicted octanol–water partition coefficient (Wildman–Crippen LogP) is 0.232. The van der Waals surface area contributed by atoms with Gasteiger partial charge in [-0.05, 0) is 18.2 Å². The van der Waals surface area contributed by atoms with Crippen LogP contribution in [0.2, 0.25) is 0 Å². The van der Waals surface area contributed by atoms with Crippen LogP contribution in [0.15, 0.2) is 18.2 Å². The van der Waals surface area contributed by atoms with Crippen LogP contribution in [0.1, 0.15) is 20.7 Å². The molecule has 4 N–H and O–H groups in total. The van der Waals surface area contributed by atoms with Crippen LogP contribution in [0.4, 0.5) is 0 Å². The summed E-state index contributed by atoms with van der Waals surface area (Å²) in [7, 11) is 0. The maximum Gasteiger partial charge on any atom is 0.339 e. The second-order valence-electron chi connectivity index (χ2n) is 2.66. The molecule has 0 amide bonds. The Morgan fingerprint density at radius 2 is 2.00 bits per heavy atom. The second-order valence-corrected chi connectivity index (χ2v) is 2.66. The number of nitrogens with two attached hydrogens (primary N) is 1. The molecule has 74 valence electrons. The number of Topliss-reactive ketones (excluding diaryl/α,β-unsaturated/α-hetero) is 1. The Labute approximate surface area is 79.8 Å². The third kappa shape index (κ3) is 1.89. The predicted molar refractivity (Wildman–Crippen MR) is 48.5 cm³/mol. The summed E-state index contributed by atoms with van der Waals surface area (Å²) >= 11 is 0. The molecule has 5 nitrogen and oxygen atoms in total. The third-order valence-corrected chi connectivity index (χ3v) is 1.73. The molecule has 0 saturated carbocycles. The van der Waals surface area contributed by atoms with Crippen molar-refractivity contribution in [1.82, 2.24) is 0 Å². The highest BCUT2D eigenvalue weighted by atomic mass is 16.4. The molecule has 0 bridgehead atoms. The van der Waals surface area contributed by atoms with E-state index in [0.29, 0.717) is 0 Å². The number of aromatic carboxylic acids is 1. The maximum absolute atomic E-state index is 11.1. The van der Waals surface area contributed by atoms with Crippen LogP contribution in [0.5, 0.6) is 5.75 Å². The number of carboxylic acid groups (broad SMARTS) is 1. The zero-order valence-corrected chi connectivity index (χ0v) is 7.23. The summed E-state index contributed by atoms with van der Waals surface area (Å²) in [6.45, 7) is -0.191. The van der Waals surface area contributed by atoms with E-state index in [1.807, 2.05) is 0 Å². The summed E-state index contributed by atoms with van der Waals surface area (Å²) in [5.41, 5.74) is 4.99. The molecular weight excluding hydrogens is 186 g/mol. The van der Waals surface area contributed by atoms with E-state index in [4.69, 9.17) is 15.9 Å². The van der Waals surface area contributed by atoms with Gasteiger partial charge in [-0.15, -0.1) is 0 Å². The van der Waals surface area contributed by atoms with Crippen molar-refractivity contribution in [2.45, 2.75) is 0 Å². The Morgan fingerprint density at radius 1 is 1.36 bits per heavy atom. The van der Waals surface area contributed by atoms with Gasteiger partial charge in [0, 0.05) is 5.56 Å². The minimum absolute atomic E-state index is 0.183. The van der Waals surface area contributed by atoms with E-state index in [1.165, 1.54) is 6.07 Å². The van der Waals surface area contributed by atoms with Gasteiger partial charge in [0.05, 0.1) is 6.54 Å². The van der Waals surface area contributed by atoms with Gasteiger partial charge < -0.3 is 15.9 Å². The monoisotopic (exact) mass is 195 g/mol. The molecule has 1 aromatic rings. The molecule has 0 aliphatic heterocycles. The first-order valence-corrected chi connectivity index (χ1v) is 3.86. The maximum atomic E-state index is 11.1. The van der Waals surface area contributed by atoms with Crippen molar-refractivity contribution in [3.63, 3.8) is 0 Å². The molecule has 0 aliphatic rings. The summed E-state index contributed by atoms with van der Waals surface area (Å²) in [6.07, 6.45) is 0. The van der Waals surface area contributed by atoms with Crippen molar-refractivity contribution >= 4 is 11.8 Å². The van der Waals surface area contributed by atoms with Gasteiger partial charge in [0.15, 0.2) is 5.78 Å². The minimum atomic E-state index is -1.28. The molecule has 14 heavy (non-hydrogen) atoms. The SMILES string of the molecule is NCC(=O)c1ccc(O)c(C(=O)O)c1. The standard InChI is InChI=1S/C9H9NO4/c10-4-8(12)5-1-2-7(11)6(3-5)9(13)14/h1-3,11H,4,10H2,(H,13,14). The first-order valence-electron chi connectivity index (χ1n) is 3.86. The molecule has 0 atom stereocenters. The molecule has 0 aromatic heterocycles. The number of benzene rings is 1. The summed E-state index contributed by atoms with van der Waals surface area (Å²) < 4.78 is 0. The molecular formula is C9H9NO4. The van der Waals surface area contributed by atoms with E-state index in [1.54, 1.807) is 0 Å². The van der Waals surface area contributed by atoms with Crippen molar-refractivity contribution in [2.24, 2.45) is 5.73 Å². The van der Waals surface area contributed by atoms with Crippen molar-refractivity contribution in [3.05, 3.63) is 29.3 Å². The molecule has 0 spiro atoms. The molecule has 0 saturated heterocycles. The zero-order chi connectivity index (χ0) is 10.7. The Bertz CT molecular complexity index is 386. The lowest BCUT2D eigenvalue weighted by molar-refractivity contribution is 0.0693. The van der Waals surface area contributed by atoms with Gasteiger partial charge in [-0.2, -0.15) is 0 Å². The average Bonchev–Trinajstić information content (AvgIpc) is 2.17. The molecule has 0 fully saturated rings. The van der Waals surface area contributed by atoms with E-state index in [9.17, 15) is 9.59 Å². The molecule has 1 rings (SSSR count). The quantitative estimate of drug-likeness (QED) is 0.599. The van der Waals surface area contributed by atoms with Crippen LogP contribution >= 0.6 is 0 Å². The van der Waals surface area contributed by atoms with Crippen molar-refractivity contribution in [2.75, 3.05) is 6.54 Å². The van der Waals surface area contributed by atoms with E-state index in [2.05, 4.69) is 0 Å². The molecule has 1 aromatic carbocycles. The number of ketones is 1. The first kappa shape index (κ1) is 10.2. The summed E-state index contributed by atoms with van der Waals surface area (Å²) in [4.78, 5) is 21.7. The fraction of sp³-hybridized carbons (Fsp3) is 0.111. The topological polar surface area (TPSA) is 101 Å². The van der Waals surface area contributed by atoms with E-state index >= 15 is 0 Å². The lowest BCUT2D eigenvalue weighted by Gasteiger charge is -2.02. The third-order valence-electron chi connectivity index (χ3n) is 1.73. The summed E-state index contributed by atoms with van der Waals surface area (Å²) in [5, 5.41) is 17.8. The van der Waals surface area contributed by atoms with Gasteiger partial charge in [-0.3, -0.25) is 4.79 Å². The Balaban J connectivity index is 3.19. The van der Waals surface area contributed by atoms with Gasteiger partial charge in [-0.25, -0.2) is 4.79 Å². The molecule has 0 heterocycles. The number of phenols is 1. The smallest absolute Gasteiger partial charge is 0.339 e. The Hall–Kier alpha value is -1.88. The van der Waals surface area contributed by atoms with Crippen LogP contribution in [0.25, 0.3) is 0 Å². The molecule has 0 unspecified atom stereocenters. The number of carbonyl (C=O) groups is 2. The van der Waals surface area contributed by atoms with Gasteiger partial charge in [-0.1, -0.05) is 0 Å². The lowest BCUT2D eigenvalue weighted by atomic mass is 10.1. The van der Waals surface area contributed by atoms with Crippen LogP contribution in [-0.4, -0.2) is 28.5 Å². The fourth-order valence-electron chi connectivity index (χ4n) is 0.999. The summed E-state index contributed by atoms with van der Waals surface area (Å²) in [6, 6.07) is 3.59. The van der Waals surface area contributed by atoms with E-state index < -0.39 is 5.97 Å². The number of carboxylic acids is 1. The molecule has 0 radical (unpaired) electrons. The Morgan fingerprint density at radius 3 is 2.50 bits per heavy atom. The van der Waals surface area contributed by atoms with Crippen LogP contribution in [-0.2, 0) is 0 Å². The van der Waals surface area contributed by atoms with Gasteiger partial charge in [0.2, 0.25) is 0 Å². The van der Waals surface area contributed by atoms with Gasteiger partial charge >= 0.3 is 5.97 Å². The van der Waals surface area contributed by atoms with Crippen molar-refractivity contribution in [3.8, 4) is 5.75 Å². The average molecular weight is 195 g/mol. The normalized spacial score (nSPS) is 9.79. The largest absolute Gasteiger partial charge is 0.507 e. The summed E-state index contributed by atoms with van der Waals surface area (Å²) in [5.74, 6) is -2.02. The van der Waals surface area contributed by atoms with Gasteiger partial charge in [0.25, 0.3) is 0 Å². The second kappa shape index (κ2) is 3.89. The first-order chi connectivity index (χ1) is 6.56. The fourth-order valence-corrected chi connectivity index (χ4v) is 0.999. The Kier molecular flexibility index (Phi) is 2.83. The highest BCUT2D eigenvalue weighted by Crippen LogP contribution is 2.18. The number of aromatic hydroxyl groups is 1. The lowest BCUT2D eigenvalue weighted by Crippen LogP contribution is -2.14. The highest BCUT2D eigenvalue weighted by Gasteiger charge is 2.12. The van der Waals surface area contributed by atoms with Crippen LogP contribution < -0.4 is 5.73 Å². The number of hydrogen-bond acceptors (Lipinski definition) is 4. The number of carbonyl (C=O) groups excluding carboxylic acids is 1. The number of rotatable bonds is 3. The molecule has 5 heteroatoms. The van der Waals surface area contributed by atoms with Crippen LogP contribution in [0, 0.1) is 0 Å². The number of hydrogen-bond donors (Lipinski definition) is 3.